The first-order chi connectivity index (χ1) is 10.9. The largest absolute Gasteiger partial charge is 0.478 e. The molecule has 0 spiro atoms. The van der Waals surface area contributed by atoms with Crippen molar-refractivity contribution in [2.45, 2.75) is 6.92 Å². The highest BCUT2D eigenvalue weighted by atomic mass is 79.9. The van der Waals surface area contributed by atoms with Crippen LogP contribution in [0.3, 0.4) is 0 Å². The predicted octanol–water partition coefficient (Wildman–Crippen LogP) is 4.75. The molecule has 0 aliphatic rings. The molecule has 1 N–H and O–H groups in total. The van der Waals surface area contributed by atoms with Gasteiger partial charge in [-0.1, -0.05) is 45.7 Å². The second kappa shape index (κ2) is 5.83. The number of benzene rings is 2. The Hall–Kier alpha value is -2.11. The number of para-hydroxylation sites is 1. The molecule has 0 aliphatic carbocycles. The molecule has 1 aromatic heterocycles. The van der Waals surface area contributed by atoms with Crippen LogP contribution in [0, 0.1) is 6.92 Å². The topological polar surface area (TPSA) is 59.3 Å². The smallest absolute Gasteiger partial charge is 0.338 e. The van der Waals surface area contributed by atoms with Crippen LogP contribution in [0.25, 0.3) is 10.9 Å². The molecule has 6 heteroatoms. The summed E-state index contributed by atoms with van der Waals surface area (Å²) >= 11 is 9.46. The summed E-state index contributed by atoms with van der Waals surface area (Å²) in [5.74, 6) is -1.43. The van der Waals surface area contributed by atoms with E-state index in [2.05, 4.69) is 15.9 Å². The van der Waals surface area contributed by atoms with Gasteiger partial charge in [0.05, 0.1) is 21.7 Å². The second-order valence-electron chi connectivity index (χ2n) is 5.05. The summed E-state index contributed by atoms with van der Waals surface area (Å²) in [5, 5.41) is 10.3. The zero-order chi connectivity index (χ0) is 16.7. The number of hydrogen-bond acceptors (Lipinski definition) is 2. The summed E-state index contributed by atoms with van der Waals surface area (Å²) in [6.07, 6.45) is 0. The number of carboxylic acids is 1. The SMILES string of the molecule is Cc1c(C(=O)O)c2ccccc2n1C(=O)c1cc(Br)ccc1Cl. The van der Waals surface area contributed by atoms with Crippen molar-refractivity contribution in [1.82, 2.24) is 4.57 Å². The van der Waals surface area contributed by atoms with E-state index >= 15 is 0 Å². The molecular formula is C17H11BrClNO3. The van der Waals surface area contributed by atoms with Gasteiger partial charge in [-0.3, -0.25) is 9.36 Å². The van der Waals surface area contributed by atoms with Crippen LogP contribution >= 0.6 is 27.5 Å². The normalized spacial score (nSPS) is 10.9. The summed E-state index contributed by atoms with van der Waals surface area (Å²) in [6.45, 7) is 1.62. The first-order valence-corrected chi connectivity index (χ1v) is 7.92. The third kappa shape index (κ3) is 2.56. The highest BCUT2D eigenvalue weighted by Gasteiger charge is 2.24. The van der Waals surface area contributed by atoms with Crippen LogP contribution in [0.4, 0.5) is 0 Å². The second-order valence-corrected chi connectivity index (χ2v) is 6.37. The quantitative estimate of drug-likeness (QED) is 0.684. The summed E-state index contributed by atoms with van der Waals surface area (Å²) in [6, 6.07) is 11.9. The fourth-order valence-electron chi connectivity index (χ4n) is 2.68. The Morgan fingerprint density at radius 2 is 1.87 bits per heavy atom. The van der Waals surface area contributed by atoms with Crippen LogP contribution in [0.5, 0.6) is 0 Å². The van der Waals surface area contributed by atoms with Crippen LogP contribution in [0.2, 0.25) is 5.02 Å². The minimum atomic E-state index is -1.06. The van der Waals surface area contributed by atoms with Crippen molar-refractivity contribution in [3.8, 4) is 0 Å². The minimum Gasteiger partial charge on any atom is -0.478 e. The van der Waals surface area contributed by atoms with E-state index in [1.165, 1.54) is 4.57 Å². The van der Waals surface area contributed by atoms with Crippen molar-refractivity contribution in [3.05, 3.63) is 68.8 Å². The molecule has 0 aliphatic heterocycles. The molecule has 0 bridgehead atoms. The van der Waals surface area contributed by atoms with Gasteiger partial charge in [-0.05, 0) is 31.2 Å². The number of halogens is 2. The van der Waals surface area contributed by atoms with E-state index in [1.807, 2.05) is 0 Å². The highest BCUT2D eigenvalue weighted by Crippen LogP contribution is 2.29. The molecule has 1 heterocycles. The van der Waals surface area contributed by atoms with Crippen molar-refractivity contribution < 1.29 is 14.7 Å². The fourth-order valence-corrected chi connectivity index (χ4v) is 3.24. The molecule has 0 unspecified atom stereocenters. The Balaban J connectivity index is 2.32. The molecule has 2 aromatic carbocycles. The van der Waals surface area contributed by atoms with E-state index in [4.69, 9.17) is 11.6 Å². The maximum Gasteiger partial charge on any atom is 0.338 e. The molecule has 0 fully saturated rings. The molecule has 4 nitrogen and oxygen atoms in total. The molecule has 0 atom stereocenters. The zero-order valence-corrected chi connectivity index (χ0v) is 14.4. The van der Waals surface area contributed by atoms with Gasteiger partial charge in [-0.2, -0.15) is 0 Å². The Labute approximate surface area is 145 Å². The first-order valence-electron chi connectivity index (χ1n) is 6.75. The van der Waals surface area contributed by atoms with Gasteiger partial charge in [-0.25, -0.2) is 4.79 Å². The Morgan fingerprint density at radius 3 is 2.57 bits per heavy atom. The Morgan fingerprint density at radius 1 is 1.17 bits per heavy atom. The van der Waals surface area contributed by atoms with Gasteiger partial charge in [0, 0.05) is 15.6 Å². The van der Waals surface area contributed by atoms with Gasteiger partial charge in [0.1, 0.15) is 0 Å². The Kier molecular flexibility index (Phi) is 4.00. The number of carbonyl (C=O) groups is 2. The molecule has 3 aromatic rings. The number of carboxylic acid groups (broad SMARTS) is 1. The van der Waals surface area contributed by atoms with Crippen molar-refractivity contribution in [2.24, 2.45) is 0 Å². The van der Waals surface area contributed by atoms with E-state index in [0.29, 0.717) is 27.2 Å². The summed E-state index contributed by atoms with van der Waals surface area (Å²) in [5.41, 5.74) is 1.35. The lowest BCUT2D eigenvalue weighted by molar-refractivity contribution is 0.0698. The first kappa shape index (κ1) is 15.8. The van der Waals surface area contributed by atoms with Crippen molar-refractivity contribution in [1.29, 1.82) is 0 Å². The predicted molar refractivity (Wildman–Crippen MR) is 92.5 cm³/mol. The molecule has 23 heavy (non-hydrogen) atoms. The average Bonchev–Trinajstić information content (AvgIpc) is 2.81. The number of carbonyl (C=O) groups excluding carboxylic acids is 1. The third-order valence-electron chi connectivity index (χ3n) is 3.69. The summed E-state index contributed by atoms with van der Waals surface area (Å²) in [7, 11) is 0. The number of rotatable bonds is 2. The highest BCUT2D eigenvalue weighted by molar-refractivity contribution is 9.10. The minimum absolute atomic E-state index is 0.125. The number of nitrogens with zero attached hydrogens (tertiary/aromatic N) is 1. The van der Waals surface area contributed by atoms with Crippen LogP contribution < -0.4 is 0 Å². The van der Waals surface area contributed by atoms with Gasteiger partial charge in [-0.15, -0.1) is 0 Å². The third-order valence-corrected chi connectivity index (χ3v) is 4.51. The van der Waals surface area contributed by atoms with E-state index in [0.717, 1.165) is 4.47 Å². The van der Waals surface area contributed by atoms with E-state index in [9.17, 15) is 14.7 Å². The number of fused-ring (bicyclic) bond motifs is 1. The molecule has 3 rings (SSSR count). The van der Waals surface area contributed by atoms with Crippen LogP contribution in [0.15, 0.2) is 46.9 Å². The summed E-state index contributed by atoms with van der Waals surface area (Å²) in [4.78, 5) is 24.5. The lowest BCUT2D eigenvalue weighted by Gasteiger charge is -2.09. The van der Waals surface area contributed by atoms with Crippen LogP contribution in [-0.4, -0.2) is 21.6 Å². The average molecular weight is 393 g/mol. The molecule has 0 saturated carbocycles. The fraction of sp³-hybridized carbons (Fsp3) is 0.0588. The molecule has 0 amide bonds. The maximum absolute atomic E-state index is 13.0. The van der Waals surface area contributed by atoms with Gasteiger partial charge in [0.25, 0.3) is 5.91 Å². The van der Waals surface area contributed by atoms with Crippen molar-refractivity contribution in [3.63, 3.8) is 0 Å². The van der Waals surface area contributed by atoms with E-state index in [-0.39, 0.29) is 11.5 Å². The molecule has 116 valence electrons. The van der Waals surface area contributed by atoms with Gasteiger partial charge in [0.2, 0.25) is 0 Å². The van der Waals surface area contributed by atoms with Gasteiger partial charge in [0.15, 0.2) is 0 Å². The molecule has 0 saturated heterocycles. The van der Waals surface area contributed by atoms with E-state index < -0.39 is 5.97 Å². The lowest BCUT2D eigenvalue weighted by Crippen LogP contribution is -2.15. The van der Waals surface area contributed by atoms with Crippen LogP contribution in [-0.2, 0) is 0 Å². The van der Waals surface area contributed by atoms with Crippen LogP contribution in [0.1, 0.15) is 26.4 Å². The number of aromatic carboxylic acids is 1. The van der Waals surface area contributed by atoms with Gasteiger partial charge >= 0.3 is 5.97 Å². The van der Waals surface area contributed by atoms with E-state index in [1.54, 1.807) is 49.4 Å². The molecule has 0 radical (unpaired) electrons. The number of hydrogen-bond donors (Lipinski definition) is 1. The van der Waals surface area contributed by atoms with Crippen molar-refractivity contribution in [2.75, 3.05) is 0 Å². The lowest BCUT2D eigenvalue weighted by atomic mass is 10.1. The molecular weight excluding hydrogens is 382 g/mol. The monoisotopic (exact) mass is 391 g/mol. The zero-order valence-electron chi connectivity index (χ0n) is 12.0. The number of aromatic nitrogens is 1. The van der Waals surface area contributed by atoms with Gasteiger partial charge < -0.3 is 5.11 Å². The Bertz CT molecular complexity index is 962. The van der Waals surface area contributed by atoms with Crippen molar-refractivity contribution >= 4 is 50.3 Å². The maximum atomic E-state index is 13.0. The standard InChI is InChI=1S/C17H11BrClNO3/c1-9-15(17(22)23)11-4-2-3-5-14(11)20(9)16(21)12-8-10(18)6-7-13(12)19/h2-8H,1H3,(H,22,23). The summed E-state index contributed by atoms with van der Waals surface area (Å²) < 4.78 is 2.12.